The highest BCUT2D eigenvalue weighted by Gasteiger charge is 2.70. The number of carboxylic acid groups (broad SMARTS) is 1. The number of hydrogen-bond donors (Lipinski definition) is 5. The molecule has 0 aromatic heterocycles. The number of esters is 1. The van der Waals surface area contributed by atoms with Crippen molar-refractivity contribution in [3.63, 3.8) is 0 Å². The van der Waals surface area contributed by atoms with Crippen molar-refractivity contribution in [2.75, 3.05) is 6.61 Å². The fraction of sp³-hybridized carbons (Fsp3) is 0.846. The SMILES string of the molecule is C=C(CC[C@](C)(O)[C@H]1CC[C@]2(C)[C@H]1[C@H](O[C@@H]1O[C@H](CO)[C@@H](O)[C@H](O)[C@H]1OC(C)=O)C[C@@H]1[C@@](C)(CCC(=O)O)[C@H](C(=C)C)CC[C@]12C)C(C)C. The monoisotopic (exact) mass is 692 g/mol. The number of aliphatic hydroxyl groups is 4. The average molecular weight is 693 g/mol. The normalized spacial score (nSPS) is 43.3. The summed E-state index contributed by atoms with van der Waals surface area (Å²) in [5, 5.41) is 54.0. The topological polar surface area (TPSA) is 163 Å². The van der Waals surface area contributed by atoms with Crippen LogP contribution in [0.3, 0.4) is 0 Å². The summed E-state index contributed by atoms with van der Waals surface area (Å²) < 4.78 is 18.5. The molecule has 0 bridgehead atoms. The van der Waals surface area contributed by atoms with E-state index in [1.54, 1.807) is 0 Å². The quantitative estimate of drug-likeness (QED) is 0.0960. The van der Waals surface area contributed by atoms with Gasteiger partial charge in [-0.15, -0.1) is 0 Å². The number of carboxylic acids is 1. The molecule has 3 aliphatic carbocycles. The predicted molar refractivity (Wildman–Crippen MR) is 185 cm³/mol. The van der Waals surface area contributed by atoms with Crippen molar-refractivity contribution in [1.29, 1.82) is 0 Å². The Morgan fingerprint density at radius 3 is 2.20 bits per heavy atom. The maximum atomic E-state index is 12.3. The Morgan fingerprint density at radius 2 is 1.65 bits per heavy atom. The molecule has 4 fully saturated rings. The van der Waals surface area contributed by atoms with Crippen LogP contribution in [0.4, 0.5) is 0 Å². The number of fused-ring (bicyclic) bond motifs is 3. The number of ether oxygens (including phenoxy) is 3. The van der Waals surface area contributed by atoms with E-state index in [4.69, 9.17) is 14.2 Å². The summed E-state index contributed by atoms with van der Waals surface area (Å²) in [6.45, 7) is 24.3. The van der Waals surface area contributed by atoms with Crippen LogP contribution in [0.2, 0.25) is 0 Å². The minimum atomic E-state index is -1.56. The number of carbonyl (C=O) groups excluding carboxylic acids is 1. The molecule has 10 heteroatoms. The lowest BCUT2D eigenvalue weighted by Crippen LogP contribution is -2.66. The summed E-state index contributed by atoms with van der Waals surface area (Å²) in [5.74, 6) is -1.45. The highest BCUT2D eigenvalue weighted by molar-refractivity contribution is 5.67. The molecule has 1 heterocycles. The first-order valence-electron chi connectivity index (χ1n) is 18.4. The molecule has 0 radical (unpaired) electrons. The van der Waals surface area contributed by atoms with E-state index >= 15 is 0 Å². The van der Waals surface area contributed by atoms with E-state index in [0.29, 0.717) is 31.6 Å². The number of hydrogen-bond acceptors (Lipinski definition) is 9. The second kappa shape index (κ2) is 14.7. The molecule has 4 aliphatic rings. The molecule has 0 spiro atoms. The maximum Gasteiger partial charge on any atom is 0.303 e. The number of aliphatic hydroxyl groups excluding tert-OH is 3. The summed E-state index contributed by atoms with van der Waals surface area (Å²) in [6.07, 6.45) is -1.76. The molecule has 1 saturated heterocycles. The van der Waals surface area contributed by atoms with Crippen molar-refractivity contribution >= 4 is 11.9 Å². The largest absolute Gasteiger partial charge is 0.481 e. The molecule has 1 aliphatic heterocycles. The first-order chi connectivity index (χ1) is 22.6. The average Bonchev–Trinajstić information content (AvgIpc) is 3.39. The van der Waals surface area contributed by atoms with E-state index in [1.165, 1.54) is 6.92 Å². The molecule has 0 aromatic rings. The van der Waals surface area contributed by atoms with Gasteiger partial charge in [-0.3, -0.25) is 9.59 Å². The Labute approximate surface area is 293 Å². The second-order valence-corrected chi connectivity index (χ2v) is 17.3. The van der Waals surface area contributed by atoms with E-state index in [1.807, 2.05) is 13.8 Å². The summed E-state index contributed by atoms with van der Waals surface area (Å²) in [6, 6.07) is 0. The van der Waals surface area contributed by atoms with Gasteiger partial charge in [0.25, 0.3) is 0 Å². The van der Waals surface area contributed by atoms with Gasteiger partial charge in [0, 0.05) is 13.3 Å². The summed E-state index contributed by atoms with van der Waals surface area (Å²) >= 11 is 0. The fourth-order valence-electron chi connectivity index (χ4n) is 11.0. The molecule has 4 rings (SSSR count). The zero-order valence-corrected chi connectivity index (χ0v) is 31.1. The van der Waals surface area contributed by atoms with Gasteiger partial charge in [-0.25, -0.2) is 0 Å². The van der Waals surface area contributed by atoms with Crippen molar-refractivity contribution in [3.8, 4) is 0 Å². The highest BCUT2D eigenvalue weighted by atomic mass is 16.7. The highest BCUT2D eigenvalue weighted by Crippen LogP contribution is 2.74. The van der Waals surface area contributed by atoms with Crippen LogP contribution in [0, 0.1) is 45.8 Å². The van der Waals surface area contributed by atoms with Gasteiger partial charge in [0.1, 0.15) is 18.3 Å². The molecular weight excluding hydrogens is 628 g/mol. The standard InChI is InChI=1S/C39H64O10/c1-21(2)23(5)11-18-39(10,46)26-13-17-38(9)31(26)27(48-35-34(47-24(6)41)33(45)32(44)28(20-40)49-35)19-29-36(7,15-14-30(42)43)25(22(3)4)12-16-37(29,38)8/h21,25-29,31-35,40,44-46H,3,5,11-20H2,1-2,4,6-10H3,(H,42,43)/t25-,26-,27+,28+,29+,31+,32+,33-,34+,35+,36-,37+,38+,39-/m0/s1. The third kappa shape index (κ3) is 7.29. The molecule has 14 atom stereocenters. The molecular formula is C39H64O10. The lowest BCUT2D eigenvalue weighted by Gasteiger charge is -2.68. The Morgan fingerprint density at radius 1 is 1.02 bits per heavy atom. The zero-order chi connectivity index (χ0) is 36.9. The van der Waals surface area contributed by atoms with Gasteiger partial charge in [-0.2, -0.15) is 0 Å². The molecule has 0 unspecified atom stereocenters. The van der Waals surface area contributed by atoms with Crippen LogP contribution in [0.5, 0.6) is 0 Å². The summed E-state index contributed by atoms with van der Waals surface area (Å²) in [5.41, 5.74) is 0.0712. The molecule has 0 aromatic carbocycles. The molecule has 10 nitrogen and oxygen atoms in total. The zero-order valence-electron chi connectivity index (χ0n) is 31.1. The molecule has 0 amide bonds. The van der Waals surface area contributed by atoms with Crippen LogP contribution in [0.1, 0.15) is 113 Å². The first kappa shape index (κ1) is 40.0. The molecule has 49 heavy (non-hydrogen) atoms. The fourth-order valence-corrected chi connectivity index (χ4v) is 11.0. The van der Waals surface area contributed by atoms with Gasteiger partial charge >= 0.3 is 11.9 Å². The van der Waals surface area contributed by atoms with Gasteiger partial charge in [-0.1, -0.05) is 58.9 Å². The maximum absolute atomic E-state index is 12.3. The van der Waals surface area contributed by atoms with Gasteiger partial charge in [-0.05, 0) is 111 Å². The summed E-state index contributed by atoms with van der Waals surface area (Å²) in [4.78, 5) is 24.2. The van der Waals surface area contributed by atoms with Crippen LogP contribution < -0.4 is 0 Å². The van der Waals surface area contributed by atoms with Crippen molar-refractivity contribution in [2.45, 2.75) is 156 Å². The van der Waals surface area contributed by atoms with E-state index in [0.717, 1.165) is 36.8 Å². The third-order valence-electron chi connectivity index (χ3n) is 14.1. The number of rotatable bonds is 13. The number of aliphatic carboxylic acids is 1. The van der Waals surface area contributed by atoms with Crippen LogP contribution in [0.25, 0.3) is 0 Å². The van der Waals surface area contributed by atoms with E-state index in [9.17, 15) is 35.1 Å². The Hall–Kier alpha value is -1.82. The lowest BCUT2D eigenvalue weighted by atomic mass is 9.37. The van der Waals surface area contributed by atoms with Crippen molar-refractivity contribution < 1.29 is 49.3 Å². The van der Waals surface area contributed by atoms with E-state index in [2.05, 4.69) is 47.8 Å². The van der Waals surface area contributed by atoms with Crippen LogP contribution in [-0.2, 0) is 23.8 Å². The van der Waals surface area contributed by atoms with Crippen LogP contribution in [0.15, 0.2) is 24.3 Å². The second-order valence-electron chi connectivity index (χ2n) is 17.3. The number of allylic oxidation sites excluding steroid dienone is 2. The van der Waals surface area contributed by atoms with E-state index in [-0.39, 0.29) is 40.9 Å². The predicted octanol–water partition coefficient (Wildman–Crippen LogP) is 5.40. The van der Waals surface area contributed by atoms with E-state index < -0.39 is 66.4 Å². The minimum absolute atomic E-state index is 0.00499. The van der Waals surface area contributed by atoms with Crippen LogP contribution >= 0.6 is 0 Å². The Balaban J connectivity index is 1.84. The van der Waals surface area contributed by atoms with Gasteiger partial charge < -0.3 is 39.7 Å². The minimum Gasteiger partial charge on any atom is -0.481 e. The first-order valence-corrected chi connectivity index (χ1v) is 18.4. The van der Waals surface area contributed by atoms with Gasteiger partial charge in [0.15, 0.2) is 12.4 Å². The Kier molecular flexibility index (Phi) is 12.0. The van der Waals surface area contributed by atoms with Crippen molar-refractivity contribution in [2.24, 2.45) is 45.8 Å². The smallest absolute Gasteiger partial charge is 0.303 e. The van der Waals surface area contributed by atoms with Crippen LogP contribution in [-0.4, -0.2) is 86.5 Å². The van der Waals surface area contributed by atoms with Gasteiger partial charge in [0.05, 0.1) is 18.3 Å². The van der Waals surface area contributed by atoms with Crippen molar-refractivity contribution in [3.05, 3.63) is 24.3 Å². The van der Waals surface area contributed by atoms with Gasteiger partial charge in [0.2, 0.25) is 0 Å². The number of carbonyl (C=O) groups is 2. The molecule has 280 valence electrons. The Bertz CT molecular complexity index is 1250. The lowest BCUT2D eigenvalue weighted by molar-refractivity contribution is -0.334. The summed E-state index contributed by atoms with van der Waals surface area (Å²) in [7, 11) is 0. The third-order valence-corrected chi connectivity index (χ3v) is 14.1. The molecule has 5 N–H and O–H groups in total. The van der Waals surface area contributed by atoms with Crippen molar-refractivity contribution in [1.82, 2.24) is 0 Å². The molecule has 3 saturated carbocycles.